The van der Waals surface area contributed by atoms with Crippen molar-refractivity contribution in [2.45, 2.75) is 32.4 Å². The Morgan fingerprint density at radius 1 is 1.38 bits per heavy atom. The minimum atomic E-state index is 0.131. The second-order valence-electron chi connectivity index (χ2n) is 5.99. The summed E-state index contributed by atoms with van der Waals surface area (Å²) < 4.78 is 0. The molecule has 0 spiro atoms. The molecule has 1 aliphatic rings. The molecule has 2 N–H and O–H groups in total. The molecular weight excluding hydrogens is 262 g/mol. The van der Waals surface area contributed by atoms with Crippen LogP contribution in [0.4, 0.5) is 0 Å². The normalized spacial score (nSPS) is 21.0. The van der Waals surface area contributed by atoms with Crippen LogP contribution >= 0.6 is 0 Å². The van der Waals surface area contributed by atoms with Gasteiger partial charge in [0.1, 0.15) is 0 Å². The van der Waals surface area contributed by atoms with Gasteiger partial charge >= 0.3 is 0 Å². The molecule has 4 heteroatoms. The first-order valence-corrected chi connectivity index (χ1v) is 7.90. The molecule has 0 bridgehead atoms. The fourth-order valence-corrected chi connectivity index (χ4v) is 2.75. The summed E-state index contributed by atoms with van der Waals surface area (Å²) in [5, 5.41) is 6.20. The molecule has 1 amide bonds. The van der Waals surface area contributed by atoms with Crippen molar-refractivity contribution in [3.63, 3.8) is 0 Å². The Kier molecular flexibility index (Phi) is 6.21. The van der Waals surface area contributed by atoms with Crippen LogP contribution in [-0.2, 0) is 11.3 Å². The van der Waals surface area contributed by atoms with Crippen molar-refractivity contribution in [2.24, 2.45) is 5.92 Å². The van der Waals surface area contributed by atoms with Crippen molar-refractivity contribution in [2.75, 3.05) is 26.7 Å². The number of nitrogens with one attached hydrogen (secondary N) is 2. The molecule has 0 radical (unpaired) electrons. The van der Waals surface area contributed by atoms with Gasteiger partial charge in [-0.2, -0.15) is 0 Å². The number of rotatable bonds is 6. The summed E-state index contributed by atoms with van der Waals surface area (Å²) in [6, 6.07) is 10.8. The van der Waals surface area contributed by atoms with Crippen LogP contribution in [0.3, 0.4) is 0 Å². The lowest BCUT2D eigenvalue weighted by Gasteiger charge is -2.32. The molecule has 0 aromatic heterocycles. The van der Waals surface area contributed by atoms with E-state index >= 15 is 0 Å². The van der Waals surface area contributed by atoms with Crippen molar-refractivity contribution >= 4 is 5.91 Å². The van der Waals surface area contributed by atoms with E-state index in [0.29, 0.717) is 12.6 Å². The predicted molar refractivity (Wildman–Crippen MR) is 86.0 cm³/mol. The number of carbonyl (C=O) groups excluding carboxylic acids is 1. The van der Waals surface area contributed by atoms with E-state index in [4.69, 9.17) is 0 Å². The number of likely N-dealkylation sites (tertiary alicyclic amines) is 1. The molecule has 4 nitrogen and oxygen atoms in total. The molecule has 0 saturated carbocycles. The van der Waals surface area contributed by atoms with Gasteiger partial charge in [0.25, 0.3) is 0 Å². The number of nitrogens with zero attached hydrogens (tertiary/aromatic N) is 1. The number of likely N-dealkylation sites (N-methyl/N-ethyl adjacent to an activating group) is 1. The summed E-state index contributed by atoms with van der Waals surface area (Å²) in [6.07, 6.45) is 2.11. The van der Waals surface area contributed by atoms with Crippen LogP contribution in [0.2, 0.25) is 0 Å². The standard InChI is InChI=1S/C17H27N3O/c1-14(18-2)11-19-17(21)16-9-6-10-20(13-16)12-15-7-4-3-5-8-15/h3-5,7-8,14,16,18H,6,9-13H2,1-2H3,(H,19,21). The first-order valence-electron chi connectivity index (χ1n) is 7.90. The Bertz CT molecular complexity index is 435. The minimum absolute atomic E-state index is 0.131. The SMILES string of the molecule is CNC(C)CNC(=O)C1CCCN(Cc2ccccc2)C1. The Morgan fingerprint density at radius 3 is 2.86 bits per heavy atom. The Hall–Kier alpha value is -1.39. The Labute approximate surface area is 127 Å². The van der Waals surface area contributed by atoms with E-state index < -0.39 is 0 Å². The highest BCUT2D eigenvalue weighted by Gasteiger charge is 2.25. The highest BCUT2D eigenvalue weighted by Crippen LogP contribution is 2.18. The first-order chi connectivity index (χ1) is 10.2. The summed E-state index contributed by atoms with van der Waals surface area (Å²) in [5.74, 6) is 0.335. The third-order valence-electron chi connectivity index (χ3n) is 4.20. The lowest BCUT2D eigenvalue weighted by atomic mass is 9.96. The quantitative estimate of drug-likeness (QED) is 0.836. The average Bonchev–Trinajstić information content (AvgIpc) is 2.53. The maximum atomic E-state index is 12.3. The van der Waals surface area contributed by atoms with Gasteiger partial charge in [0.2, 0.25) is 5.91 Å². The van der Waals surface area contributed by atoms with Crippen molar-refractivity contribution < 1.29 is 4.79 Å². The molecule has 1 aliphatic heterocycles. The van der Waals surface area contributed by atoms with Gasteiger partial charge in [-0.15, -0.1) is 0 Å². The zero-order chi connectivity index (χ0) is 15.1. The smallest absolute Gasteiger partial charge is 0.224 e. The third kappa shape index (κ3) is 5.14. The highest BCUT2D eigenvalue weighted by molar-refractivity contribution is 5.79. The topological polar surface area (TPSA) is 44.4 Å². The van der Waals surface area contributed by atoms with E-state index in [9.17, 15) is 4.79 Å². The Morgan fingerprint density at radius 2 is 2.14 bits per heavy atom. The number of hydrogen-bond donors (Lipinski definition) is 2. The van der Waals surface area contributed by atoms with E-state index in [2.05, 4.69) is 46.7 Å². The summed E-state index contributed by atoms with van der Waals surface area (Å²) >= 11 is 0. The van der Waals surface area contributed by atoms with Crippen molar-refractivity contribution in [3.8, 4) is 0 Å². The number of hydrogen-bond acceptors (Lipinski definition) is 3. The van der Waals surface area contributed by atoms with Crippen molar-refractivity contribution in [3.05, 3.63) is 35.9 Å². The molecule has 1 fully saturated rings. The minimum Gasteiger partial charge on any atom is -0.354 e. The van der Waals surface area contributed by atoms with Crippen molar-refractivity contribution in [1.82, 2.24) is 15.5 Å². The number of carbonyl (C=O) groups is 1. The lowest BCUT2D eigenvalue weighted by molar-refractivity contribution is -0.126. The van der Waals surface area contributed by atoms with E-state index in [-0.39, 0.29) is 11.8 Å². The maximum absolute atomic E-state index is 12.3. The van der Waals surface area contributed by atoms with Crippen LogP contribution in [0.5, 0.6) is 0 Å². The van der Waals surface area contributed by atoms with Gasteiger partial charge in [-0.25, -0.2) is 0 Å². The van der Waals surface area contributed by atoms with Gasteiger partial charge in [-0.1, -0.05) is 30.3 Å². The van der Waals surface area contributed by atoms with Crippen LogP contribution in [0, 0.1) is 5.92 Å². The summed E-state index contributed by atoms with van der Waals surface area (Å²) in [6.45, 7) is 5.67. The number of piperidine rings is 1. The van der Waals surface area contributed by atoms with E-state index in [1.165, 1.54) is 5.56 Å². The molecule has 1 aromatic rings. The molecule has 21 heavy (non-hydrogen) atoms. The van der Waals surface area contributed by atoms with Gasteiger partial charge < -0.3 is 10.6 Å². The molecule has 2 atom stereocenters. The highest BCUT2D eigenvalue weighted by atomic mass is 16.1. The summed E-state index contributed by atoms with van der Waals surface area (Å²) in [5.41, 5.74) is 1.32. The average molecular weight is 289 g/mol. The molecule has 1 heterocycles. The van der Waals surface area contributed by atoms with Crippen LogP contribution in [-0.4, -0.2) is 43.5 Å². The van der Waals surface area contributed by atoms with Gasteiger partial charge in [0.05, 0.1) is 5.92 Å². The second-order valence-corrected chi connectivity index (χ2v) is 5.99. The molecule has 2 unspecified atom stereocenters. The zero-order valence-corrected chi connectivity index (χ0v) is 13.1. The van der Waals surface area contributed by atoms with Gasteiger partial charge in [0, 0.05) is 25.7 Å². The van der Waals surface area contributed by atoms with E-state index in [0.717, 1.165) is 32.5 Å². The van der Waals surface area contributed by atoms with Gasteiger partial charge in [-0.3, -0.25) is 9.69 Å². The fourth-order valence-electron chi connectivity index (χ4n) is 2.75. The van der Waals surface area contributed by atoms with Crippen molar-refractivity contribution in [1.29, 1.82) is 0 Å². The largest absolute Gasteiger partial charge is 0.354 e. The monoisotopic (exact) mass is 289 g/mol. The molecule has 0 aliphatic carbocycles. The van der Waals surface area contributed by atoms with E-state index in [1.807, 2.05) is 13.1 Å². The maximum Gasteiger partial charge on any atom is 0.224 e. The molecule has 1 saturated heterocycles. The predicted octanol–water partition coefficient (Wildman–Crippen LogP) is 1.62. The van der Waals surface area contributed by atoms with E-state index in [1.54, 1.807) is 0 Å². The summed E-state index contributed by atoms with van der Waals surface area (Å²) in [4.78, 5) is 14.6. The summed E-state index contributed by atoms with van der Waals surface area (Å²) in [7, 11) is 1.92. The number of benzene rings is 1. The third-order valence-corrected chi connectivity index (χ3v) is 4.20. The van der Waals surface area contributed by atoms with Crippen LogP contribution in [0.15, 0.2) is 30.3 Å². The fraction of sp³-hybridized carbons (Fsp3) is 0.588. The second kappa shape index (κ2) is 8.15. The van der Waals surface area contributed by atoms with Crippen LogP contribution in [0.1, 0.15) is 25.3 Å². The number of amides is 1. The molecular formula is C17H27N3O. The van der Waals surface area contributed by atoms with Crippen LogP contribution < -0.4 is 10.6 Å². The van der Waals surface area contributed by atoms with Gasteiger partial charge in [-0.05, 0) is 38.9 Å². The zero-order valence-electron chi connectivity index (χ0n) is 13.1. The Balaban J connectivity index is 1.81. The molecule has 2 rings (SSSR count). The van der Waals surface area contributed by atoms with Gasteiger partial charge in [0.15, 0.2) is 0 Å². The molecule has 116 valence electrons. The lowest BCUT2D eigenvalue weighted by Crippen LogP contribution is -2.45. The first kappa shape index (κ1) is 16.0. The van der Waals surface area contributed by atoms with Crippen LogP contribution in [0.25, 0.3) is 0 Å². The molecule has 1 aromatic carbocycles.